The Morgan fingerprint density at radius 1 is 1.03 bits per heavy atom. The molecule has 0 saturated heterocycles. The van der Waals surface area contributed by atoms with Gasteiger partial charge >= 0.3 is 0 Å². The van der Waals surface area contributed by atoms with Gasteiger partial charge in [0.25, 0.3) is 0 Å². The lowest BCUT2D eigenvalue weighted by Gasteiger charge is -2.26. The maximum atomic E-state index is 13.0. The Morgan fingerprint density at radius 2 is 1.70 bits per heavy atom. The Hall–Kier alpha value is -2.38. The molecule has 0 bridgehead atoms. The molecule has 0 unspecified atom stereocenters. The average Bonchev–Trinajstić information content (AvgIpc) is 2.75. The van der Waals surface area contributed by atoms with Crippen LogP contribution >= 0.6 is 0 Å². The summed E-state index contributed by atoms with van der Waals surface area (Å²) in [5, 5.41) is 3.05. The SMILES string of the molecule is CCOc1ccc(S(=O)(=O)N[C@@H](Cc2ccccc2)C(=O)NC2CCCCC2)cc1. The molecule has 2 N–H and O–H groups in total. The summed E-state index contributed by atoms with van der Waals surface area (Å²) in [7, 11) is -3.86. The van der Waals surface area contributed by atoms with Crippen molar-refractivity contribution in [2.24, 2.45) is 0 Å². The molecule has 2 aromatic rings. The molecule has 7 heteroatoms. The number of hydrogen-bond donors (Lipinski definition) is 2. The molecular weight excluding hydrogens is 400 g/mol. The van der Waals surface area contributed by atoms with Crippen molar-refractivity contribution in [2.45, 2.75) is 62.4 Å². The van der Waals surface area contributed by atoms with E-state index in [1.807, 2.05) is 37.3 Å². The minimum atomic E-state index is -3.86. The van der Waals surface area contributed by atoms with E-state index in [1.54, 1.807) is 12.1 Å². The van der Waals surface area contributed by atoms with Gasteiger partial charge in [0, 0.05) is 6.04 Å². The van der Waals surface area contributed by atoms with Crippen molar-refractivity contribution < 1.29 is 17.9 Å². The normalized spacial score (nSPS) is 16.0. The minimum absolute atomic E-state index is 0.106. The van der Waals surface area contributed by atoms with Crippen LogP contribution in [0.15, 0.2) is 59.5 Å². The Bertz CT molecular complexity index is 908. The van der Waals surface area contributed by atoms with Crippen LogP contribution in [-0.2, 0) is 21.2 Å². The van der Waals surface area contributed by atoms with Crippen molar-refractivity contribution in [3.8, 4) is 5.75 Å². The minimum Gasteiger partial charge on any atom is -0.494 e. The van der Waals surface area contributed by atoms with Crippen LogP contribution in [0.5, 0.6) is 5.75 Å². The number of carbonyl (C=O) groups excluding carboxylic acids is 1. The molecular formula is C23H30N2O4S. The second-order valence-electron chi connectivity index (χ2n) is 7.61. The fourth-order valence-corrected chi connectivity index (χ4v) is 4.92. The van der Waals surface area contributed by atoms with E-state index < -0.39 is 16.1 Å². The fraction of sp³-hybridized carbons (Fsp3) is 0.435. The van der Waals surface area contributed by atoms with Crippen molar-refractivity contribution in [3.63, 3.8) is 0 Å². The predicted octanol–water partition coefficient (Wildman–Crippen LogP) is 3.42. The highest BCUT2D eigenvalue weighted by atomic mass is 32.2. The predicted molar refractivity (Wildman–Crippen MR) is 117 cm³/mol. The molecule has 6 nitrogen and oxygen atoms in total. The molecule has 1 amide bonds. The van der Waals surface area contributed by atoms with E-state index in [1.165, 1.54) is 18.6 Å². The molecule has 2 aromatic carbocycles. The molecule has 0 spiro atoms. The first-order valence-electron chi connectivity index (χ1n) is 10.6. The van der Waals surface area contributed by atoms with Crippen LogP contribution in [0.1, 0.15) is 44.6 Å². The summed E-state index contributed by atoms with van der Waals surface area (Å²) in [6, 6.07) is 14.9. The molecule has 0 heterocycles. The van der Waals surface area contributed by atoms with Gasteiger partial charge in [0.1, 0.15) is 11.8 Å². The smallest absolute Gasteiger partial charge is 0.241 e. The number of ether oxygens (including phenoxy) is 1. The Kier molecular flexibility index (Phi) is 7.87. The zero-order valence-corrected chi connectivity index (χ0v) is 18.2. The van der Waals surface area contributed by atoms with Gasteiger partial charge in [-0.2, -0.15) is 4.72 Å². The summed E-state index contributed by atoms with van der Waals surface area (Å²) in [6.07, 6.45) is 5.53. The van der Waals surface area contributed by atoms with Crippen molar-refractivity contribution >= 4 is 15.9 Å². The molecule has 3 rings (SSSR count). The fourth-order valence-electron chi connectivity index (χ4n) is 3.72. The van der Waals surface area contributed by atoms with E-state index >= 15 is 0 Å². The quantitative estimate of drug-likeness (QED) is 0.638. The summed E-state index contributed by atoms with van der Waals surface area (Å²) in [6.45, 7) is 2.37. The van der Waals surface area contributed by atoms with Gasteiger partial charge in [-0.1, -0.05) is 49.6 Å². The van der Waals surface area contributed by atoms with Crippen molar-refractivity contribution in [3.05, 3.63) is 60.2 Å². The highest BCUT2D eigenvalue weighted by Crippen LogP contribution is 2.19. The molecule has 1 saturated carbocycles. The Balaban J connectivity index is 1.76. The highest BCUT2D eigenvalue weighted by Gasteiger charge is 2.28. The number of amides is 1. The van der Waals surface area contributed by atoms with E-state index in [0.717, 1.165) is 31.2 Å². The third kappa shape index (κ3) is 6.31. The molecule has 1 aliphatic rings. The van der Waals surface area contributed by atoms with E-state index in [9.17, 15) is 13.2 Å². The lowest BCUT2D eigenvalue weighted by atomic mass is 9.95. The number of benzene rings is 2. The lowest BCUT2D eigenvalue weighted by molar-refractivity contribution is -0.123. The lowest BCUT2D eigenvalue weighted by Crippen LogP contribution is -2.50. The van der Waals surface area contributed by atoms with E-state index in [4.69, 9.17) is 4.74 Å². The molecule has 30 heavy (non-hydrogen) atoms. The van der Waals surface area contributed by atoms with E-state index in [0.29, 0.717) is 12.4 Å². The molecule has 1 aliphatic carbocycles. The van der Waals surface area contributed by atoms with Gasteiger partial charge in [0.05, 0.1) is 11.5 Å². The number of nitrogens with one attached hydrogen (secondary N) is 2. The summed E-state index contributed by atoms with van der Waals surface area (Å²) in [5.74, 6) is 0.326. The van der Waals surface area contributed by atoms with Gasteiger partial charge in [-0.15, -0.1) is 0 Å². The summed E-state index contributed by atoms with van der Waals surface area (Å²) >= 11 is 0. The van der Waals surface area contributed by atoms with Crippen LogP contribution in [0.25, 0.3) is 0 Å². The largest absolute Gasteiger partial charge is 0.494 e. The number of rotatable bonds is 9. The van der Waals surface area contributed by atoms with Crippen LogP contribution < -0.4 is 14.8 Å². The first-order chi connectivity index (χ1) is 14.5. The zero-order valence-electron chi connectivity index (χ0n) is 17.3. The molecule has 0 aliphatic heterocycles. The third-order valence-electron chi connectivity index (χ3n) is 5.29. The summed E-state index contributed by atoms with van der Waals surface area (Å²) in [5.41, 5.74) is 0.899. The zero-order chi connectivity index (χ0) is 21.4. The number of hydrogen-bond acceptors (Lipinski definition) is 4. The van der Waals surface area contributed by atoms with Crippen molar-refractivity contribution in [1.82, 2.24) is 10.0 Å². The third-order valence-corrected chi connectivity index (χ3v) is 6.78. The van der Waals surface area contributed by atoms with Crippen molar-refractivity contribution in [1.29, 1.82) is 0 Å². The highest BCUT2D eigenvalue weighted by molar-refractivity contribution is 7.89. The van der Waals surface area contributed by atoms with E-state index in [-0.39, 0.29) is 23.3 Å². The topological polar surface area (TPSA) is 84.5 Å². The Labute approximate surface area is 179 Å². The molecule has 1 fully saturated rings. The summed E-state index contributed by atoms with van der Waals surface area (Å²) in [4.78, 5) is 13.1. The second-order valence-corrected chi connectivity index (χ2v) is 9.33. The van der Waals surface area contributed by atoms with Gasteiger partial charge in [0.15, 0.2) is 0 Å². The molecule has 0 radical (unpaired) electrons. The Morgan fingerprint density at radius 3 is 2.33 bits per heavy atom. The average molecular weight is 431 g/mol. The maximum absolute atomic E-state index is 13.0. The van der Waals surface area contributed by atoms with Gasteiger partial charge < -0.3 is 10.1 Å². The molecule has 162 valence electrons. The van der Waals surface area contributed by atoms with Crippen LogP contribution in [-0.4, -0.2) is 33.0 Å². The van der Waals surface area contributed by atoms with Crippen LogP contribution in [0.2, 0.25) is 0 Å². The first kappa shape index (κ1) is 22.3. The van der Waals surface area contributed by atoms with Gasteiger partial charge in [-0.05, 0) is 56.0 Å². The standard InChI is InChI=1S/C23H30N2O4S/c1-2-29-20-13-15-21(16-14-20)30(27,28)25-22(17-18-9-5-3-6-10-18)23(26)24-19-11-7-4-8-12-19/h3,5-6,9-10,13-16,19,22,25H,2,4,7-8,11-12,17H2,1H3,(H,24,26)/t22-/m0/s1. The van der Waals surface area contributed by atoms with Crippen molar-refractivity contribution in [2.75, 3.05) is 6.61 Å². The molecule has 1 atom stereocenters. The first-order valence-corrected chi connectivity index (χ1v) is 12.1. The second kappa shape index (κ2) is 10.6. The van der Waals surface area contributed by atoms with Crippen LogP contribution in [0.4, 0.5) is 0 Å². The van der Waals surface area contributed by atoms with Crippen LogP contribution in [0.3, 0.4) is 0 Å². The van der Waals surface area contributed by atoms with Crippen LogP contribution in [0, 0.1) is 0 Å². The van der Waals surface area contributed by atoms with Gasteiger partial charge in [-0.3, -0.25) is 4.79 Å². The summed E-state index contributed by atoms with van der Waals surface area (Å²) < 4.78 is 33.9. The van der Waals surface area contributed by atoms with Gasteiger partial charge in [0.2, 0.25) is 15.9 Å². The maximum Gasteiger partial charge on any atom is 0.241 e. The monoisotopic (exact) mass is 430 g/mol. The number of sulfonamides is 1. The van der Waals surface area contributed by atoms with E-state index in [2.05, 4.69) is 10.0 Å². The molecule has 0 aromatic heterocycles. The van der Waals surface area contributed by atoms with Gasteiger partial charge in [-0.25, -0.2) is 8.42 Å². The number of carbonyl (C=O) groups is 1.